The van der Waals surface area contributed by atoms with Gasteiger partial charge in [0.1, 0.15) is 12.4 Å². The molecule has 1 N–H and O–H groups in total. The largest absolute Gasteiger partial charge is 0.489 e. The van der Waals surface area contributed by atoms with Gasteiger partial charge in [-0.3, -0.25) is 0 Å². The molecule has 2 aromatic carbocycles. The van der Waals surface area contributed by atoms with E-state index in [1.807, 2.05) is 26.0 Å². The van der Waals surface area contributed by atoms with Crippen molar-refractivity contribution in [1.82, 2.24) is 0 Å². The van der Waals surface area contributed by atoms with Crippen molar-refractivity contribution in [2.75, 3.05) is 5.32 Å². The van der Waals surface area contributed by atoms with E-state index in [-0.39, 0.29) is 12.2 Å². The van der Waals surface area contributed by atoms with Crippen LogP contribution in [0.25, 0.3) is 0 Å². The zero-order valence-corrected chi connectivity index (χ0v) is 15.6. The second-order valence-electron chi connectivity index (χ2n) is 5.86. The molecule has 2 aromatic rings. The summed E-state index contributed by atoms with van der Waals surface area (Å²) in [6, 6.07) is 10.6. The summed E-state index contributed by atoms with van der Waals surface area (Å²) in [5, 5.41) is 3.04. The maximum absolute atomic E-state index is 13.0. The van der Waals surface area contributed by atoms with Gasteiger partial charge in [0.2, 0.25) is 0 Å². The third-order valence-corrected chi connectivity index (χ3v) is 4.40. The van der Waals surface area contributed by atoms with Crippen LogP contribution < -0.4 is 10.1 Å². The number of aryl methyl sites for hydroxylation is 2. The Morgan fingerprint density at radius 1 is 1.16 bits per heavy atom. The van der Waals surface area contributed by atoms with Gasteiger partial charge in [-0.2, -0.15) is 0 Å². The lowest BCUT2D eigenvalue weighted by molar-refractivity contribution is 0.151. The van der Waals surface area contributed by atoms with Crippen LogP contribution >= 0.6 is 12.2 Å². The molecule has 2 rings (SSSR count). The second-order valence-corrected chi connectivity index (χ2v) is 6.35. The molecule has 0 unspecified atom stereocenters. The smallest absolute Gasteiger partial charge is 0.263 e. The maximum Gasteiger partial charge on any atom is 0.263 e. The normalized spacial score (nSPS) is 10.8. The highest BCUT2D eigenvalue weighted by Crippen LogP contribution is 2.27. The fraction of sp³-hybridized carbons (Fsp3) is 0.350. The highest BCUT2D eigenvalue weighted by Gasteiger charge is 2.12. The number of thiocarbonyl (C=S) groups is 1. The highest BCUT2D eigenvalue weighted by molar-refractivity contribution is 7.80. The number of benzene rings is 2. The van der Waals surface area contributed by atoms with Crippen LogP contribution in [-0.4, -0.2) is 4.99 Å². The molecule has 0 saturated carbocycles. The van der Waals surface area contributed by atoms with Crippen LogP contribution in [0.4, 0.5) is 14.5 Å². The van der Waals surface area contributed by atoms with Crippen molar-refractivity contribution in [3.63, 3.8) is 0 Å². The van der Waals surface area contributed by atoms with Crippen LogP contribution in [0.5, 0.6) is 5.75 Å². The molecule has 25 heavy (non-hydrogen) atoms. The number of anilines is 1. The highest BCUT2D eigenvalue weighted by atomic mass is 32.1. The van der Waals surface area contributed by atoms with Gasteiger partial charge in [0.25, 0.3) is 6.43 Å². The van der Waals surface area contributed by atoms with E-state index in [0.717, 1.165) is 23.3 Å². The van der Waals surface area contributed by atoms with Crippen LogP contribution in [0.1, 0.15) is 48.9 Å². The molecule has 0 aromatic heterocycles. The third-order valence-electron chi connectivity index (χ3n) is 4.01. The topological polar surface area (TPSA) is 21.3 Å². The third kappa shape index (κ3) is 5.23. The molecule has 0 fully saturated rings. The molecular formula is C20H23F2NOS. The Labute approximate surface area is 153 Å². The Kier molecular flexibility index (Phi) is 6.88. The van der Waals surface area contributed by atoms with E-state index in [1.165, 1.54) is 17.7 Å². The Morgan fingerprint density at radius 2 is 1.92 bits per heavy atom. The van der Waals surface area contributed by atoms with Gasteiger partial charge in [0.15, 0.2) is 0 Å². The average molecular weight is 363 g/mol. The van der Waals surface area contributed by atoms with E-state index in [2.05, 4.69) is 18.3 Å². The molecule has 0 saturated heterocycles. The first kappa shape index (κ1) is 19.3. The monoisotopic (exact) mass is 363 g/mol. The first-order chi connectivity index (χ1) is 11.9. The zero-order chi connectivity index (χ0) is 18.4. The lowest BCUT2D eigenvalue weighted by Gasteiger charge is -2.16. The van der Waals surface area contributed by atoms with Crippen molar-refractivity contribution in [2.45, 2.75) is 46.6 Å². The van der Waals surface area contributed by atoms with Gasteiger partial charge >= 0.3 is 0 Å². The van der Waals surface area contributed by atoms with Gasteiger partial charge in [-0.25, -0.2) is 8.78 Å². The first-order valence-electron chi connectivity index (χ1n) is 8.37. The average Bonchev–Trinajstić information content (AvgIpc) is 2.61. The summed E-state index contributed by atoms with van der Waals surface area (Å²) in [7, 11) is 0. The van der Waals surface area contributed by atoms with Gasteiger partial charge in [-0.15, -0.1) is 0 Å². The summed E-state index contributed by atoms with van der Waals surface area (Å²) in [6.45, 7) is 6.31. The second kappa shape index (κ2) is 8.90. The number of rotatable bonds is 7. The first-order valence-corrected chi connectivity index (χ1v) is 8.78. The molecule has 0 heterocycles. The molecule has 134 valence electrons. The van der Waals surface area contributed by atoms with E-state index >= 15 is 0 Å². The van der Waals surface area contributed by atoms with Crippen molar-refractivity contribution in [1.29, 1.82) is 0 Å². The Hall–Kier alpha value is -2.01. The fourth-order valence-electron chi connectivity index (χ4n) is 2.46. The lowest BCUT2D eigenvalue weighted by atomic mass is 10.1. The van der Waals surface area contributed by atoms with E-state index in [1.54, 1.807) is 6.07 Å². The van der Waals surface area contributed by atoms with Crippen LogP contribution in [-0.2, 0) is 13.0 Å². The summed E-state index contributed by atoms with van der Waals surface area (Å²) in [4.78, 5) is 0.608. The summed E-state index contributed by atoms with van der Waals surface area (Å²) >= 11 is 5.19. The molecule has 0 radical (unpaired) electrons. The van der Waals surface area contributed by atoms with Crippen LogP contribution in [0.3, 0.4) is 0 Å². The standard InChI is InChI=1S/C20H23F2NOS/c1-4-14-6-9-18(13(3)10-14)24-12-16-8-7-15(20(21)22)11-17(16)23-19(25)5-2/h6-11,20H,4-5,12H2,1-3H3,(H,23,25). The van der Waals surface area contributed by atoms with E-state index in [0.29, 0.717) is 17.1 Å². The summed E-state index contributed by atoms with van der Waals surface area (Å²) in [5.74, 6) is 0.791. The Balaban J connectivity index is 2.21. The number of alkyl halides is 2. The van der Waals surface area contributed by atoms with Crippen LogP contribution in [0.2, 0.25) is 0 Å². The van der Waals surface area contributed by atoms with E-state index < -0.39 is 6.43 Å². The molecule has 0 aliphatic heterocycles. The molecule has 0 aliphatic carbocycles. The van der Waals surface area contributed by atoms with Crippen molar-refractivity contribution < 1.29 is 13.5 Å². The van der Waals surface area contributed by atoms with Gasteiger partial charge in [0, 0.05) is 16.8 Å². The predicted molar refractivity (Wildman–Crippen MR) is 103 cm³/mol. The van der Waals surface area contributed by atoms with Crippen molar-refractivity contribution in [2.24, 2.45) is 0 Å². The molecule has 2 nitrogen and oxygen atoms in total. The number of halogens is 2. The van der Waals surface area contributed by atoms with Gasteiger partial charge in [0.05, 0.1) is 4.99 Å². The molecule has 0 atom stereocenters. The molecule has 0 amide bonds. The van der Waals surface area contributed by atoms with Crippen molar-refractivity contribution in [3.8, 4) is 5.75 Å². The summed E-state index contributed by atoms with van der Waals surface area (Å²) < 4.78 is 31.9. The molecule has 0 spiro atoms. The number of hydrogen-bond donors (Lipinski definition) is 1. The van der Waals surface area contributed by atoms with E-state index in [9.17, 15) is 8.78 Å². The number of ether oxygens (including phenoxy) is 1. The molecule has 0 bridgehead atoms. The number of nitrogens with one attached hydrogen (secondary N) is 1. The SMILES string of the molecule is CCC(=S)Nc1cc(C(F)F)ccc1COc1ccc(CC)cc1C. The fourth-order valence-corrected chi connectivity index (χ4v) is 2.57. The van der Waals surface area contributed by atoms with Gasteiger partial charge in [-0.05, 0) is 43.0 Å². The summed E-state index contributed by atoms with van der Waals surface area (Å²) in [6.07, 6.45) is -0.903. The van der Waals surface area contributed by atoms with Crippen LogP contribution in [0.15, 0.2) is 36.4 Å². The predicted octanol–water partition coefficient (Wildman–Crippen LogP) is 6.22. The molecule has 5 heteroatoms. The molecular weight excluding hydrogens is 340 g/mol. The van der Waals surface area contributed by atoms with E-state index in [4.69, 9.17) is 17.0 Å². The molecule has 0 aliphatic rings. The Bertz CT molecular complexity index is 746. The zero-order valence-electron chi connectivity index (χ0n) is 14.7. The quantitative estimate of drug-likeness (QED) is 0.590. The van der Waals surface area contributed by atoms with Gasteiger partial charge < -0.3 is 10.1 Å². The van der Waals surface area contributed by atoms with Gasteiger partial charge in [-0.1, -0.05) is 50.3 Å². The van der Waals surface area contributed by atoms with Crippen molar-refractivity contribution in [3.05, 3.63) is 58.7 Å². The maximum atomic E-state index is 13.0. The van der Waals surface area contributed by atoms with Crippen molar-refractivity contribution >= 4 is 22.9 Å². The minimum Gasteiger partial charge on any atom is -0.489 e. The van der Waals surface area contributed by atoms with Crippen LogP contribution in [0, 0.1) is 6.92 Å². The minimum atomic E-state index is -2.52. The Morgan fingerprint density at radius 3 is 2.52 bits per heavy atom. The minimum absolute atomic E-state index is 0.0337. The number of hydrogen-bond acceptors (Lipinski definition) is 2. The summed E-state index contributed by atoms with van der Waals surface area (Å²) in [5.41, 5.74) is 3.64. The lowest BCUT2D eigenvalue weighted by Crippen LogP contribution is -2.11.